The van der Waals surface area contributed by atoms with Crippen LogP contribution in [0.3, 0.4) is 0 Å². The van der Waals surface area contributed by atoms with Crippen molar-refractivity contribution in [2.24, 2.45) is 0 Å². The Morgan fingerprint density at radius 2 is 1.88 bits per heavy atom. The number of amides is 1. The summed E-state index contributed by atoms with van der Waals surface area (Å²) in [5.41, 5.74) is 2.96. The van der Waals surface area contributed by atoms with E-state index in [9.17, 15) is 9.18 Å². The first-order valence-corrected chi connectivity index (χ1v) is 10.4. The van der Waals surface area contributed by atoms with Crippen LogP contribution in [-0.2, 0) is 6.42 Å². The van der Waals surface area contributed by atoms with Crippen molar-refractivity contribution >= 4 is 16.7 Å². The Morgan fingerprint density at radius 1 is 1.06 bits per heavy atom. The van der Waals surface area contributed by atoms with Gasteiger partial charge in [-0.15, -0.1) is 10.2 Å². The van der Waals surface area contributed by atoms with Crippen molar-refractivity contribution in [3.05, 3.63) is 95.9 Å². The molecule has 0 aliphatic carbocycles. The molecule has 0 saturated carbocycles. The molecule has 162 valence electrons. The fourth-order valence-electron chi connectivity index (χ4n) is 4.20. The van der Waals surface area contributed by atoms with E-state index < -0.39 is 11.9 Å². The van der Waals surface area contributed by atoms with E-state index in [-0.39, 0.29) is 17.6 Å². The number of fused-ring (bicyclic) bond motifs is 2. The summed E-state index contributed by atoms with van der Waals surface area (Å²) in [5.74, 6) is -0.763. The highest BCUT2D eigenvalue weighted by molar-refractivity contribution is 5.91. The number of halogens is 1. The molecule has 1 amide bonds. The van der Waals surface area contributed by atoms with Crippen LogP contribution in [0.1, 0.15) is 33.8 Å². The third-order valence-corrected chi connectivity index (χ3v) is 5.82. The summed E-state index contributed by atoms with van der Waals surface area (Å²) in [6, 6.07) is 15.1. The molecule has 6 rings (SSSR count). The van der Waals surface area contributed by atoms with E-state index in [4.69, 9.17) is 4.42 Å². The van der Waals surface area contributed by atoms with E-state index in [1.54, 1.807) is 17.4 Å². The zero-order chi connectivity index (χ0) is 22.4. The highest BCUT2D eigenvalue weighted by atomic mass is 19.1. The maximum absolute atomic E-state index is 13.5. The number of aromatic amines is 1. The van der Waals surface area contributed by atoms with Crippen LogP contribution < -0.4 is 0 Å². The number of benzene rings is 2. The van der Waals surface area contributed by atoms with E-state index in [1.807, 2.05) is 30.3 Å². The van der Waals surface area contributed by atoms with E-state index in [2.05, 4.69) is 25.1 Å². The quantitative estimate of drug-likeness (QED) is 0.456. The summed E-state index contributed by atoms with van der Waals surface area (Å²) in [7, 11) is 0. The van der Waals surface area contributed by atoms with Gasteiger partial charge in [-0.05, 0) is 35.7 Å². The third-order valence-electron chi connectivity index (χ3n) is 5.82. The topological polar surface area (TPSA) is 101 Å². The average molecular weight is 440 g/mol. The number of imidazole rings is 1. The summed E-state index contributed by atoms with van der Waals surface area (Å²) in [4.78, 5) is 27.4. The third kappa shape index (κ3) is 3.34. The summed E-state index contributed by atoms with van der Waals surface area (Å²) in [6.07, 6.45) is 4.02. The van der Waals surface area contributed by atoms with Gasteiger partial charge in [0, 0.05) is 30.1 Å². The van der Waals surface area contributed by atoms with Gasteiger partial charge in [-0.2, -0.15) is 0 Å². The molecule has 0 saturated heterocycles. The second-order valence-electron chi connectivity index (χ2n) is 7.79. The van der Waals surface area contributed by atoms with Crippen LogP contribution in [0, 0.1) is 5.82 Å². The molecule has 9 heteroatoms. The van der Waals surface area contributed by atoms with E-state index >= 15 is 0 Å². The number of H-pyrrole nitrogens is 1. The molecule has 2 aromatic carbocycles. The summed E-state index contributed by atoms with van der Waals surface area (Å²) in [5, 5.41) is 9.99. The minimum atomic E-state index is -0.477. The van der Waals surface area contributed by atoms with Crippen molar-refractivity contribution in [1.29, 1.82) is 0 Å². The SMILES string of the molecule is O=C(c1nnc(-c2ccc(F)cc2)o1)N1CCc2nc[nH]c2[C@@H]1c1cc2ccccc2cn1. The Bertz CT molecular complexity index is 1480. The number of carbonyl (C=O) groups excluding carboxylic acids is 1. The fourth-order valence-corrected chi connectivity index (χ4v) is 4.20. The van der Waals surface area contributed by atoms with Crippen molar-refractivity contribution in [2.75, 3.05) is 6.54 Å². The molecule has 0 unspecified atom stereocenters. The fraction of sp³-hybridized carbons (Fsp3) is 0.125. The number of aromatic nitrogens is 5. The van der Waals surface area contributed by atoms with Gasteiger partial charge in [0.2, 0.25) is 5.89 Å². The first-order valence-electron chi connectivity index (χ1n) is 10.4. The monoisotopic (exact) mass is 440 g/mol. The molecule has 0 fully saturated rings. The second kappa shape index (κ2) is 7.63. The lowest BCUT2D eigenvalue weighted by Gasteiger charge is -2.33. The Balaban J connectivity index is 1.39. The van der Waals surface area contributed by atoms with Crippen LogP contribution in [0.5, 0.6) is 0 Å². The normalized spacial score (nSPS) is 15.5. The van der Waals surface area contributed by atoms with E-state index in [1.165, 1.54) is 24.3 Å². The molecule has 1 N–H and O–H groups in total. The lowest BCUT2D eigenvalue weighted by molar-refractivity contribution is 0.0647. The molecule has 0 radical (unpaired) electrons. The van der Waals surface area contributed by atoms with Crippen LogP contribution in [0.2, 0.25) is 0 Å². The molecule has 8 nitrogen and oxygen atoms in total. The standard InChI is InChI=1S/C24H17FN6O2/c25-17-7-5-14(6-8-17)22-29-30-23(33-22)24(32)31-10-9-18-20(28-13-27-18)21(31)19-11-15-3-1-2-4-16(15)12-26-19/h1-8,11-13,21H,9-10H2,(H,27,28)/t21-/m0/s1. The van der Waals surface area contributed by atoms with Gasteiger partial charge in [-0.3, -0.25) is 9.78 Å². The van der Waals surface area contributed by atoms with Crippen molar-refractivity contribution in [3.8, 4) is 11.5 Å². The lowest BCUT2D eigenvalue weighted by Crippen LogP contribution is -2.41. The van der Waals surface area contributed by atoms with Gasteiger partial charge in [-0.25, -0.2) is 9.37 Å². The largest absolute Gasteiger partial charge is 0.412 e. The summed E-state index contributed by atoms with van der Waals surface area (Å²) >= 11 is 0. The van der Waals surface area contributed by atoms with Crippen LogP contribution >= 0.6 is 0 Å². The Morgan fingerprint density at radius 3 is 2.73 bits per heavy atom. The van der Waals surface area contributed by atoms with E-state index in [0.29, 0.717) is 24.2 Å². The van der Waals surface area contributed by atoms with Crippen LogP contribution in [-0.4, -0.2) is 42.5 Å². The highest BCUT2D eigenvalue weighted by Crippen LogP contribution is 2.34. The van der Waals surface area contributed by atoms with Crippen molar-refractivity contribution in [1.82, 2.24) is 30.0 Å². The molecule has 1 aliphatic rings. The number of rotatable bonds is 3. The first kappa shape index (κ1) is 19.3. The van der Waals surface area contributed by atoms with Crippen molar-refractivity contribution in [3.63, 3.8) is 0 Å². The molecule has 33 heavy (non-hydrogen) atoms. The minimum Gasteiger partial charge on any atom is -0.412 e. The number of hydrogen-bond donors (Lipinski definition) is 1. The molecule has 4 heterocycles. The van der Waals surface area contributed by atoms with Crippen molar-refractivity contribution in [2.45, 2.75) is 12.5 Å². The molecule has 5 aromatic rings. The lowest BCUT2D eigenvalue weighted by atomic mass is 9.98. The average Bonchev–Trinajstić information content (AvgIpc) is 3.53. The predicted molar refractivity (Wildman–Crippen MR) is 117 cm³/mol. The number of hydrogen-bond acceptors (Lipinski definition) is 6. The van der Waals surface area contributed by atoms with Crippen LogP contribution in [0.25, 0.3) is 22.2 Å². The number of pyridine rings is 1. The van der Waals surface area contributed by atoms with Crippen LogP contribution in [0.4, 0.5) is 4.39 Å². The molecule has 1 aliphatic heterocycles. The Labute approximate surface area is 187 Å². The molecular formula is C24H17FN6O2. The van der Waals surface area contributed by atoms with Crippen molar-refractivity contribution < 1.29 is 13.6 Å². The van der Waals surface area contributed by atoms with Gasteiger partial charge in [0.05, 0.1) is 23.4 Å². The van der Waals surface area contributed by atoms with Gasteiger partial charge in [0.25, 0.3) is 0 Å². The Hall–Kier alpha value is -4.40. The molecule has 0 bridgehead atoms. The number of nitrogens with zero attached hydrogens (tertiary/aromatic N) is 5. The Kier molecular flexibility index (Phi) is 4.46. The number of nitrogens with one attached hydrogen (secondary N) is 1. The summed E-state index contributed by atoms with van der Waals surface area (Å²) < 4.78 is 18.9. The number of carbonyl (C=O) groups is 1. The minimum absolute atomic E-state index is 0.136. The summed E-state index contributed by atoms with van der Waals surface area (Å²) in [6.45, 7) is 0.421. The van der Waals surface area contributed by atoms with Gasteiger partial charge >= 0.3 is 11.8 Å². The maximum Gasteiger partial charge on any atom is 0.312 e. The maximum atomic E-state index is 13.5. The molecular weight excluding hydrogens is 423 g/mol. The van der Waals surface area contributed by atoms with Gasteiger partial charge in [-0.1, -0.05) is 24.3 Å². The predicted octanol–water partition coefficient (Wildman–Crippen LogP) is 3.93. The smallest absolute Gasteiger partial charge is 0.312 e. The zero-order valence-corrected chi connectivity index (χ0v) is 17.3. The van der Waals surface area contributed by atoms with Gasteiger partial charge in [0.15, 0.2) is 0 Å². The first-order chi connectivity index (χ1) is 16.2. The second-order valence-corrected chi connectivity index (χ2v) is 7.79. The van der Waals surface area contributed by atoms with Gasteiger partial charge < -0.3 is 14.3 Å². The molecule has 1 atom stereocenters. The van der Waals surface area contributed by atoms with Crippen LogP contribution in [0.15, 0.2) is 71.5 Å². The molecule has 0 spiro atoms. The van der Waals surface area contributed by atoms with E-state index in [0.717, 1.165) is 22.2 Å². The zero-order valence-electron chi connectivity index (χ0n) is 17.3. The van der Waals surface area contributed by atoms with Gasteiger partial charge in [0.1, 0.15) is 11.9 Å². The molecule has 3 aromatic heterocycles. The highest BCUT2D eigenvalue weighted by Gasteiger charge is 2.37.